The topological polar surface area (TPSA) is 32.3 Å². The minimum atomic E-state index is -4.36. The zero-order valence-electron chi connectivity index (χ0n) is 10.8. The van der Waals surface area contributed by atoms with E-state index >= 15 is 0 Å². The first-order valence-corrected chi connectivity index (χ1v) is 6.06. The van der Waals surface area contributed by atoms with Crippen LogP contribution < -0.4 is 5.32 Å². The average Bonchev–Trinajstić information content (AvgIpc) is 2.38. The third-order valence-electron chi connectivity index (χ3n) is 3.02. The molecule has 0 heterocycles. The number of para-hydroxylation sites is 1. The summed E-state index contributed by atoms with van der Waals surface area (Å²) in [7, 11) is 0. The average molecular weight is 281 g/mol. The number of nitrogens with one attached hydrogen (secondary N) is 1. The van der Waals surface area contributed by atoms with Gasteiger partial charge < -0.3 is 10.4 Å². The third kappa shape index (κ3) is 3.23. The van der Waals surface area contributed by atoms with E-state index in [9.17, 15) is 18.3 Å². The minimum Gasteiger partial charge on any atom is -0.508 e. The Balaban J connectivity index is 2.17. The van der Waals surface area contributed by atoms with Gasteiger partial charge in [0, 0.05) is 17.8 Å². The summed E-state index contributed by atoms with van der Waals surface area (Å²) in [5.41, 5.74) is 0.526. The van der Waals surface area contributed by atoms with Crippen molar-refractivity contribution in [3.8, 4) is 5.75 Å². The molecule has 2 rings (SSSR count). The fraction of sp³-hybridized carbons (Fsp3) is 0.200. The summed E-state index contributed by atoms with van der Waals surface area (Å²) in [6.45, 7) is 1.68. The lowest BCUT2D eigenvalue weighted by Crippen LogP contribution is -2.09. The molecule has 0 atom stereocenters. The fourth-order valence-corrected chi connectivity index (χ4v) is 1.89. The van der Waals surface area contributed by atoms with Crippen molar-refractivity contribution in [1.29, 1.82) is 0 Å². The highest BCUT2D eigenvalue weighted by Gasteiger charge is 2.32. The summed E-state index contributed by atoms with van der Waals surface area (Å²) in [6, 6.07) is 10.8. The second-order valence-electron chi connectivity index (χ2n) is 4.51. The molecule has 0 radical (unpaired) electrons. The van der Waals surface area contributed by atoms with Gasteiger partial charge in [-0.05, 0) is 30.7 Å². The van der Waals surface area contributed by atoms with Gasteiger partial charge in [0.1, 0.15) is 5.75 Å². The number of hydrogen-bond donors (Lipinski definition) is 2. The molecular formula is C15H14F3NO. The van der Waals surface area contributed by atoms with E-state index in [0.29, 0.717) is 11.3 Å². The molecule has 5 heteroatoms. The van der Waals surface area contributed by atoms with E-state index in [1.807, 2.05) is 0 Å². The molecule has 0 amide bonds. The number of aromatic hydroxyl groups is 1. The maximum absolute atomic E-state index is 12.8. The number of hydrogen-bond acceptors (Lipinski definition) is 2. The largest absolute Gasteiger partial charge is 0.508 e. The molecule has 2 aromatic carbocycles. The Hall–Kier alpha value is -2.17. The van der Waals surface area contributed by atoms with E-state index in [2.05, 4.69) is 5.32 Å². The van der Waals surface area contributed by atoms with Gasteiger partial charge in [0.2, 0.25) is 0 Å². The van der Waals surface area contributed by atoms with Crippen LogP contribution in [0.5, 0.6) is 5.75 Å². The Kier molecular flexibility index (Phi) is 3.88. The smallest absolute Gasteiger partial charge is 0.416 e. The maximum atomic E-state index is 12.8. The third-order valence-corrected chi connectivity index (χ3v) is 3.02. The second kappa shape index (κ2) is 5.45. The van der Waals surface area contributed by atoms with Gasteiger partial charge in [-0.25, -0.2) is 0 Å². The standard InChI is InChI=1S/C15H14F3NO/c1-10-6-7-12(8-13(10)15(16,17)18)19-9-11-4-2-3-5-14(11)20/h2-8,19-20H,9H2,1H3. The van der Waals surface area contributed by atoms with Crippen molar-refractivity contribution in [3.63, 3.8) is 0 Å². The first-order chi connectivity index (χ1) is 9.38. The predicted molar refractivity (Wildman–Crippen MR) is 71.6 cm³/mol. The van der Waals surface area contributed by atoms with E-state index < -0.39 is 11.7 Å². The SMILES string of the molecule is Cc1ccc(NCc2ccccc2O)cc1C(F)(F)F. The van der Waals surface area contributed by atoms with Crippen LogP contribution in [-0.2, 0) is 12.7 Å². The van der Waals surface area contributed by atoms with E-state index in [1.54, 1.807) is 24.3 Å². The van der Waals surface area contributed by atoms with Crippen molar-refractivity contribution < 1.29 is 18.3 Å². The van der Waals surface area contributed by atoms with Crippen LogP contribution in [0, 0.1) is 6.92 Å². The van der Waals surface area contributed by atoms with Crippen molar-refractivity contribution >= 4 is 5.69 Å². The predicted octanol–water partition coefficient (Wildman–Crippen LogP) is 4.33. The Bertz CT molecular complexity index is 608. The lowest BCUT2D eigenvalue weighted by molar-refractivity contribution is -0.138. The van der Waals surface area contributed by atoms with E-state index in [4.69, 9.17) is 0 Å². The van der Waals surface area contributed by atoms with Gasteiger partial charge in [-0.1, -0.05) is 24.3 Å². The molecule has 0 fully saturated rings. The zero-order valence-corrected chi connectivity index (χ0v) is 10.8. The van der Waals surface area contributed by atoms with Crippen molar-refractivity contribution in [1.82, 2.24) is 0 Å². The molecule has 0 saturated heterocycles. The van der Waals surface area contributed by atoms with Crippen LogP contribution in [0.4, 0.5) is 18.9 Å². The minimum absolute atomic E-state index is 0.114. The van der Waals surface area contributed by atoms with Crippen LogP contribution in [0.3, 0.4) is 0 Å². The second-order valence-corrected chi connectivity index (χ2v) is 4.51. The normalized spacial score (nSPS) is 11.4. The monoisotopic (exact) mass is 281 g/mol. The number of aryl methyl sites for hydroxylation is 1. The molecule has 0 saturated carbocycles. The van der Waals surface area contributed by atoms with E-state index in [-0.39, 0.29) is 17.9 Å². The van der Waals surface area contributed by atoms with Crippen LogP contribution in [-0.4, -0.2) is 5.11 Å². The molecule has 0 aromatic heterocycles. The Morgan fingerprint density at radius 2 is 1.80 bits per heavy atom. The summed E-state index contributed by atoms with van der Waals surface area (Å²) >= 11 is 0. The number of alkyl halides is 3. The van der Waals surface area contributed by atoms with Crippen LogP contribution >= 0.6 is 0 Å². The van der Waals surface area contributed by atoms with Gasteiger partial charge in [-0.15, -0.1) is 0 Å². The van der Waals surface area contributed by atoms with Gasteiger partial charge in [0.15, 0.2) is 0 Å². The summed E-state index contributed by atoms with van der Waals surface area (Å²) < 4.78 is 38.4. The van der Waals surface area contributed by atoms with Gasteiger partial charge >= 0.3 is 6.18 Å². The molecule has 20 heavy (non-hydrogen) atoms. The van der Waals surface area contributed by atoms with Crippen LogP contribution in [0.1, 0.15) is 16.7 Å². The molecule has 0 bridgehead atoms. The molecule has 0 aliphatic carbocycles. The Labute approximate surface area is 114 Å². The molecule has 2 N–H and O–H groups in total. The number of halogens is 3. The van der Waals surface area contributed by atoms with Crippen molar-refractivity contribution in [2.75, 3.05) is 5.32 Å². The molecule has 106 valence electrons. The van der Waals surface area contributed by atoms with E-state index in [1.165, 1.54) is 19.1 Å². The number of phenolic OH excluding ortho intramolecular Hbond substituents is 1. The van der Waals surface area contributed by atoms with Crippen molar-refractivity contribution in [3.05, 3.63) is 59.2 Å². The van der Waals surface area contributed by atoms with Crippen LogP contribution in [0.2, 0.25) is 0 Å². The van der Waals surface area contributed by atoms with Crippen LogP contribution in [0.25, 0.3) is 0 Å². The number of benzene rings is 2. The fourth-order valence-electron chi connectivity index (χ4n) is 1.89. The van der Waals surface area contributed by atoms with Crippen molar-refractivity contribution in [2.45, 2.75) is 19.6 Å². The summed E-state index contributed by atoms with van der Waals surface area (Å²) in [5.74, 6) is 0.114. The number of anilines is 1. The quantitative estimate of drug-likeness (QED) is 0.877. The number of rotatable bonds is 3. The van der Waals surface area contributed by atoms with Gasteiger partial charge in [-0.3, -0.25) is 0 Å². The van der Waals surface area contributed by atoms with Gasteiger partial charge in [0.05, 0.1) is 5.56 Å². The molecule has 0 aliphatic heterocycles. The number of phenols is 1. The van der Waals surface area contributed by atoms with Crippen molar-refractivity contribution in [2.24, 2.45) is 0 Å². The Morgan fingerprint density at radius 3 is 2.45 bits per heavy atom. The lowest BCUT2D eigenvalue weighted by atomic mass is 10.1. The zero-order chi connectivity index (χ0) is 14.8. The molecule has 2 aromatic rings. The molecule has 0 spiro atoms. The van der Waals surface area contributed by atoms with E-state index in [0.717, 1.165) is 6.07 Å². The highest BCUT2D eigenvalue weighted by Crippen LogP contribution is 2.33. The first kappa shape index (κ1) is 14.2. The first-order valence-electron chi connectivity index (χ1n) is 6.06. The van der Waals surface area contributed by atoms with Crippen LogP contribution in [0.15, 0.2) is 42.5 Å². The highest BCUT2D eigenvalue weighted by atomic mass is 19.4. The molecular weight excluding hydrogens is 267 g/mol. The Morgan fingerprint density at radius 1 is 1.10 bits per heavy atom. The summed E-state index contributed by atoms with van der Waals surface area (Å²) in [4.78, 5) is 0. The molecule has 0 aliphatic rings. The highest BCUT2D eigenvalue weighted by molar-refractivity contribution is 5.50. The lowest BCUT2D eigenvalue weighted by Gasteiger charge is -2.13. The summed E-state index contributed by atoms with van der Waals surface area (Å²) in [5, 5.41) is 12.5. The molecule has 0 unspecified atom stereocenters. The maximum Gasteiger partial charge on any atom is 0.416 e. The van der Waals surface area contributed by atoms with Gasteiger partial charge in [0.25, 0.3) is 0 Å². The molecule has 2 nitrogen and oxygen atoms in total. The summed E-state index contributed by atoms with van der Waals surface area (Å²) in [6.07, 6.45) is -4.36. The van der Waals surface area contributed by atoms with Gasteiger partial charge in [-0.2, -0.15) is 13.2 Å².